The van der Waals surface area contributed by atoms with E-state index in [9.17, 15) is 22.8 Å². The minimum Gasteiger partial charge on any atom is -0.481 e. The van der Waals surface area contributed by atoms with Gasteiger partial charge in [-0.1, -0.05) is 6.92 Å². The van der Waals surface area contributed by atoms with E-state index in [4.69, 9.17) is 5.11 Å². The van der Waals surface area contributed by atoms with Crippen molar-refractivity contribution in [1.29, 1.82) is 0 Å². The molecule has 0 aromatic carbocycles. The summed E-state index contributed by atoms with van der Waals surface area (Å²) in [5.74, 6) is -2.31. The summed E-state index contributed by atoms with van der Waals surface area (Å²) in [5.41, 5.74) is -2.80. The molecule has 1 amide bonds. The second kappa shape index (κ2) is 4.38. The zero-order chi connectivity index (χ0) is 14.4. The first kappa shape index (κ1) is 14.1. The van der Waals surface area contributed by atoms with Crippen molar-refractivity contribution < 1.29 is 27.9 Å². The second-order valence-corrected chi connectivity index (χ2v) is 5.52. The first-order valence-electron chi connectivity index (χ1n) is 6.28. The number of amides is 1. The molecule has 19 heavy (non-hydrogen) atoms. The van der Waals surface area contributed by atoms with E-state index < -0.39 is 30.5 Å². The van der Waals surface area contributed by atoms with E-state index in [2.05, 4.69) is 0 Å². The van der Waals surface area contributed by atoms with Crippen molar-refractivity contribution in [3.63, 3.8) is 0 Å². The van der Waals surface area contributed by atoms with E-state index >= 15 is 0 Å². The van der Waals surface area contributed by atoms with Crippen molar-refractivity contribution in [3.05, 3.63) is 0 Å². The first-order chi connectivity index (χ1) is 8.69. The zero-order valence-electron chi connectivity index (χ0n) is 10.5. The molecule has 2 unspecified atom stereocenters. The average molecular weight is 279 g/mol. The maximum absolute atomic E-state index is 13.0. The van der Waals surface area contributed by atoms with Gasteiger partial charge in [-0.05, 0) is 25.2 Å². The molecule has 1 saturated heterocycles. The number of nitrogens with zero attached hydrogens (tertiary/aromatic N) is 1. The van der Waals surface area contributed by atoms with Gasteiger partial charge in [-0.3, -0.25) is 9.59 Å². The molecule has 1 N–H and O–H groups in total. The molecular formula is C12H16F3NO3. The molecule has 2 aliphatic rings. The highest BCUT2D eigenvalue weighted by molar-refractivity contribution is 5.82. The third-order valence-electron chi connectivity index (χ3n) is 4.25. The molecule has 7 heteroatoms. The van der Waals surface area contributed by atoms with Crippen LogP contribution in [0, 0.1) is 17.3 Å². The number of hydrogen-bond donors (Lipinski definition) is 1. The van der Waals surface area contributed by atoms with Crippen LogP contribution in [0.15, 0.2) is 0 Å². The topological polar surface area (TPSA) is 57.6 Å². The van der Waals surface area contributed by atoms with Crippen LogP contribution in [0.1, 0.15) is 26.2 Å². The van der Waals surface area contributed by atoms with Gasteiger partial charge in [-0.25, -0.2) is 0 Å². The Labute approximate surface area is 108 Å². The number of carboxylic acid groups (broad SMARTS) is 1. The number of hydrogen-bond acceptors (Lipinski definition) is 2. The number of carboxylic acids is 1. The van der Waals surface area contributed by atoms with Crippen LogP contribution in [-0.4, -0.2) is 41.1 Å². The van der Waals surface area contributed by atoms with Gasteiger partial charge < -0.3 is 10.0 Å². The van der Waals surface area contributed by atoms with Crippen molar-refractivity contribution in [3.8, 4) is 0 Å². The molecular weight excluding hydrogens is 263 g/mol. The lowest BCUT2D eigenvalue weighted by Crippen LogP contribution is -2.48. The van der Waals surface area contributed by atoms with Gasteiger partial charge in [0.1, 0.15) is 0 Å². The second-order valence-electron chi connectivity index (χ2n) is 5.52. The van der Waals surface area contributed by atoms with E-state index in [-0.39, 0.29) is 24.3 Å². The summed E-state index contributed by atoms with van der Waals surface area (Å²) in [4.78, 5) is 24.1. The number of likely N-dealkylation sites (tertiary alicyclic amines) is 1. The molecule has 0 spiro atoms. The predicted octanol–water partition coefficient (Wildman–Crippen LogP) is 1.90. The fraction of sp³-hybridized carbons (Fsp3) is 0.833. The Kier molecular flexibility index (Phi) is 3.26. The van der Waals surface area contributed by atoms with Crippen LogP contribution in [0.5, 0.6) is 0 Å². The van der Waals surface area contributed by atoms with E-state index in [1.807, 2.05) is 0 Å². The summed E-state index contributed by atoms with van der Waals surface area (Å²) in [6.45, 7) is 0.803. The lowest BCUT2D eigenvalue weighted by molar-refractivity contribution is -0.227. The number of carbonyl (C=O) groups excluding carboxylic acids is 1. The van der Waals surface area contributed by atoms with Gasteiger partial charge in [-0.15, -0.1) is 0 Å². The first-order valence-corrected chi connectivity index (χ1v) is 6.28. The Balaban J connectivity index is 2.13. The predicted molar refractivity (Wildman–Crippen MR) is 59.2 cm³/mol. The zero-order valence-corrected chi connectivity index (χ0v) is 10.5. The number of alkyl halides is 3. The standard InChI is InChI=1S/C12H16F3NO3/c1-7(8-2-3-8)9(17)16-5-4-11(6-16,10(18)19)12(13,14)15/h7-8H,2-6H2,1H3,(H,18,19). The van der Waals surface area contributed by atoms with Crippen LogP contribution >= 0.6 is 0 Å². The molecule has 2 fully saturated rings. The molecule has 1 saturated carbocycles. The van der Waals surface area contributed by atoms with E-state index in [1.54, 1.807) is 6.92 Å². The summed E-state index contributed by atoms with van der Waals surface area (Å²) >= 11 is 0. The van der Waals surface area contributed by atoms with Crippen molar-refractivity contribution in [1.82, 2.24) is 4.90 Å². The van der Waals surface area contributed by atoms with Gasteiger partial charge in [0.2, 0.25) is 5.91 Å². The molecule has 1 aliphatic heterocycles. The minimum atomic E-state index is -4.84. The maximum atomic E-state index is 13.0. The highest BCUT2D eigenvalue weighted by Crippen LogP contribution is 2.47. The fourth-order valence-electron chi connectivity index (χ4n) is 2.61. The van der Waals surface area contributed by atoms with Crippen molar-refractivity contribution in [2.75, 3.05) is 13.1 Å². The lowest BCUT2D eigenvalue weighted by Gasteiger charge is -2.28. The number of rotatable bonds is 3. The Morgan fingerprint density at radius 2 is 1.95 bits per heavy atom. The van der Waals surface area contributed by atoms with Gasteiger partial charge in [0.15, 0.2) is 5.41 Å². The highest BCUT2D eigenvalue weighted by atomic mass is 19.4. The van der Waals surface area contributed by atoms with Gasteiger partial charge in [0.25, 0.3) is 0 Å². The van der Waals surface area contributed by atoms with Crippen molar-refractivity contribution in [2.45, 2.75) is 32.4 Å². The minimum absolute atomic E-state index is 0.137. The number of halogens is 3. The Morgan fingerprint density at radius 1 is 1.37 bits per heavy atom. The SMILES string of the molecule is CC(C(=O)N1CCC(C(=O)O)(C(F)(F)F)C1)C1CC1. The van der Waals surface area contributed by atoms with Crippen LogP contribution in [0.3, 0.4) is 0 Å². The smallest absolute Gasteiger partial charge is 0.406 e. The van der Waals surface area contributed by atoms with Crippen LogP contribution in [0.25, 0.3) is 0 Å². The summed E-state index contributed by atoms with van der Waals surface area (Å²) in [5, 5.41) is 8.90. The average Bonchev–Trinajstić information content (AvgIpc) is 3.03. The normalized spacial score (nSPS) is 29.4. The summed E-state index contributed by atoms with van der Waals surface area (Å²) in [7, 11) is 0. The van der Waals surface area contributed by atoms with Crippen LogP contribution in [0.4, 0.5) is 13.2 Å². The van der Waals surface area contributed by atoms with Crippen LogP contribution < -0.4 is 0 Å². The molecule has 4 nitrogen and oxygen atoms in total. The van der Waals surface area contributed by atoms with E-state index in [0.717, 1.165) is 17.7 Å². The van der Waals surface area contributed by atoms with Crippen molar-refractivity contribution >= 4 is 11.9 Å². The fourth-order valence-corrected chi connectivity index (χ4v) is 2.61. The van der Waals surface area contributed by atoms with Crippen LogP contribution in [-0.2, 0) is 9.59 Å². The molecule has 0 aromatic rings. The van der Waals surface area contributed by atoms with Gasteiger partial charge in [0, 0.05) is 19.0 Å². The van der Waals surface area contributed by atoms with E-state index in [0.29, 0.717) is 0 Å². The molecule has 0 radical (unpaired) electrons. The number of carbonyl (C=O) groups is 2. The van der Waals surface area contributed by atoms with Gasteiger partial charge in [-0.2, -0.15) is 13.2 Å². The number of aliphatic carboxylic acids is 1. The molecule has 2 atom stereocenters. The largest absolute Gasteiger partial charge is 0.481 e. The van der Waals surface area contributed by atoms with E-state index in [1.165, 1.54) is 0 Å². The molecule has 2 rings (SSSR count). The Bertz CT molecular complexity index is 406. The monoisotopic (exact) mass is 279 g/mol. The third kappa shape index (κ3) is 2.30. The Morgan fingerprint density at radius 3 is 2.32 bits per heavy atom. The third-order valence-corrected chi connectivity index (χ3v) is 4.25. The van der Waals surface area contributed by atoms with Crippen LogP contribution in [0.2, 0.25) is 0 Å². The lowest BCUT2D eigenvalue weighted by atomic mass is 9.86. The summed E-state index contributed by atoms with van der Waals surface area (Å²) in [6, 6.07) is 0. The van der Waals surface area contributed by atoms with Gasteiger partial charge in [0.05, 0.1) is 0 Å². The molecule has 0 bridgehead atoms. The molecule has 1 aliphatic carbocycles. The maximum Gasteiger partial charge on any atom is 0.406 e. The summed E-state index contributed by atoms with van der Waals surface area (Å²) < 4.78 is 38.9. The molecule has 108 valence electrons. The van der Waals surface area contributed by atoms with Gasteiger partial charge >= 0.3 is 12.1 Å². The quantitative estimate of drug-likeness (QED) is 0.858. The molecule has 1 heterocycles. The Hall–Kier alpha value is -1.27. The molecule has 0 aromatic heterocycles. The summed E-state index contributed by atoms with van der Waals surface area (Å²) in [6.07, 6.45) is -3.56. The van der Waals surface area contributed by atoms with Crippen molar-refractivity contribution in [2.24, 2.45) is 17.3 Å². The highest BCUT2D eigenvalue weighted by Gasteiger charge is 2.64.